The molecule has 8 heteroatoms. The SMILES string of the molecule is CCOC(=O)N1CCN(C(=NC)NCc2ncc(-c3ccc(C)cc3)o2)CC1. The molecule has 1 N–H and O–H groups in total. The molecule has 2 aromatic rings. The van der Waals surface area contributed by atoms with Gasteiger partial charge in [0.05, 0.1) is 19.3 Å². The Morgan fingerprint density at radius 1 is 1.21 bits per heavy atom. The van der Waals surface area contributed by atoms with Crippen LogP contribution in [-0.4, -0.2) is 66.7 Å². The molecule has 0 bridgehead atoms. The fourth-order valence-corrected chi connectivity index (χ4v) is 3.05. The summed E-state index contributed by atoms with van der Waals surface area (Å²) in [4.78, 5) is 24.3. The first kappa shape index (κ1) is 19.7. The van der Waals surface area contributed by atoms with Crippen LogP contribution < -0.4 is 5.32 Å². The number of nitrogens with zero attached hydrogens (tertiary/aromatic N) is 4. The number of carbonyl (C=O) groups excluding carboxylic acids is 1. The van der Waals surface area contributed by atoms with Crippen molar-refractivity contribution in [3.05, 3.63) is 41.9 Å². The third-order valence-electron chi connectivity index (χ3n) is 4.60. The summed E-state index contributed by atoms with van der Waals surface area (Å²) in [5, 5.41) is 3.28. The molecule has 1 aromatic carbocycles. The van der Waals surface area contributed by atoms with Gasteiger partial charge in [-0.15, -0.1) is 0 Å². The van der Waals surface area contributed by atoms with Crippen LogP contribution in [0.25, 0.3) is 11.3 Å². The van der Waals surface area contributed by atoms with Gasteiger partial charge in [0.1, 0.15) is 0 Å². The summed E-state index contributed by atoms with van der Waals surface area (Å²) >= 11 is 0. The number of carbonyl (C=O) groups is 1. The molecule has 28 heavy (non-hydrogen) atoms. The highest BCUT2D eigenvalue weighted by Gasteiger charge is 2.23. The Morgan fingerprint density at radius 3 is 2.54 bits per heavy atom. The Balaban J connectivity index is 1.52. The lowest BCUT2D eigenvalue weighted by molar-refractivity contribution is 0.0914. The van der Waals surface area contributed by atoms with Crippen molar-refractivity contribution >= 4 is 12.1 Å². The summed E-state index contributed by atoms with van der Waals surface area (Å²) in [6.45, 7) is 7.30. The summed E-state index contributed by atoms with van der Waals surface area (Å²) in [5.74, 6) is 2.11. The van der Waals surface area contributed by atoms with Crippen molar-refractivity contribution in [3.8, 4) is 11.3 Å². The number of aliphatic imine (C=N–C) groups is 1. The number of aromatic nitrogens is 1. The summed E-state index contributed by atoms with van der Waals surface area (Å²) in [5.41, 5.74) is 2.21. The monoisotopic (exact) mass is 385 g/mol. The Bertz CT molecular complexity index is 808. The average Bonchev–Trinajstić information content (AvgIpc) is 3.18. The minimum absolute atomic E-state index is 0.256. The highest BCUT2D eigenvalue weighted by molar-refractivity contribution is 5.80. The maximum Gasteiger partial charge on any atom is 0.409 e. The van der Waals surface area contributed by atoms with Crippen molar-refractivity contribution < 1.29 is 13.9 Å². The summed E-state index contributed by atoms with van der Waals surface area (Å²) < 4.78 is 10.9. The molecule has 1 aromatic heterocycles. The molecule has 2 heterocycles. The predicted octanol–water partition coefficient (Wildman–Crippen LogP) is 2.50. The van der Waals surface area contributed by atoms with Gasteiger partial charge in [-0.3, -0.25) is 4.99 Å². The van der Waals surface area contributed by atoms with Crippen molar-refractivity contribution in [2.45, 2.75) is 20.4 Å². The molecule has 3 rings (SSSR count). The lowest BCUT2D eigenvalue weighted by Crippen LogP contribution is -2.53. The predicted molar refractivity (Wildman–Crippen MR) is 107 cm³/mol. The van der Waals surface area contributed by atoms with Crippen molar-refractivity contribution in [2.75, 3.05) is 39.8 Å². The van der Waals surface area contributed by atoms with Gasteiger partial charge < -0.3 is 24.3 Å². The fraction of sp³-hybridized carbons (Fsp3) is 0.450. The Labute approximate surface area is 165 Å². The normalized spacial score (nSPS) is 14.9. The van der Waals surface area contributed by atoms with Crippen LogP contribution in [0.2, 0.25) is 0 Å². The topological polar surface area (TPSA) is 83.2 Å². The Kier molecular flexibility index (Phi) is 6.52. The van der Waals surface area contributed by atoms with Crippen LogP contribution in [-0.2, 0) is 11.3 Å². The van der Waals surface area contributed by atoms with E-state index in [1.54, 1.807) is 18.1 Å². The third kappa shape index (κ3) is 4.82. The van der Waals surface area contributed by atoms with Crippen molar-refractivity contribution in [1.29, 1.82) is 0 Å². The number of rotatable bonds is 4. The summed E-state index contributed by atoms with van der Waals surface area (Å²) in [7, 11) is 1.74. The first-order chi connectivity index (χ1) is 13.6. The van der Waals surface area contributed by atoms with Gasteiger partial charge in [0.2, 0.25) is 5.89 Å². The number of benzene rings is 1. The van der Waals surface area contributed by atoms with E-state index in [-0.39, 0.29) is 6.09 Å². The number of hydrogen-bond acceptors (Lipinski definition) is 5. The number of ether oxygens (including phenoxy) is 1. The van der Waals surface area contributed by atoms with E-state index in [1.165, 1.54) is 5.56 Å². The highest BCUT2D eigenvalue weighted by Crippen LogP contribution is 2.20. The minimum Gasteiger partial charge on any atom is -0.450 e. The van der Waals surface area contributed by atoms with Gasteiger partial charge in [-0.05, 0) is 13.8 Å². The lowest BCUT2D eigenvalue weighted by atomic mass is 10.1. The van der Waals surface area contributed by atoms with Crippen LogP contribution >= 0.6 is 0 Å². The van der Waals surface area contributed by atoms with Crippen molar-refractivity contribution in [3.63, 3.8) is 0 Å². The van der Waals surface area contributed by atoms with Gasteiger partial charge in [-0.2, -0.15) is 0 Å². The number of hydrogen-bond donors (Lipinski definition) is 1. The number of amides is 1. The van der Waals surface area contributed by atoms with Crippen LogP contribution in [0, 0.1) is 6.92 Å². The van der Waals surface area contributed by atoms with Crippen LogP contribution in [0.5, 0.6) is 0 Å². The highest BCUT2D eigenvalue weighted by atomic mass is 16.6. The maximum atomic E-state index is 11.8. The average molecular weight is 385 g/mol. The van der Waals surface area contributed by atoms with Gasteiger partial charge in [0, 0.05) is 38.8 Å². The number of oxazole rings is 1. The van der Waals surface area contributed by atoms with E-state index < -0.39 is 0 Å². The smallest absolute Gasteiger partial charge is 0.409 e. The number of piperazine rings is 1. The second kappa shape index (κ2) is 9.25. The molecule has 1 amide bonds. The fourth-order valence-electron chi connectivity index (χ4n) is 3.05. The molecule has 0 spiro atoms. The zero-order valence-corrected chi connectivity index (χ0v) is 16.6. The molecule has 0 aliphatic carbocycles. The zero-order valence-electron chi connectivity index (χ0n) is 16.6. The van der Waals surface area contributed by atoms with E-state index >= 15 is 0 Å². The largest absolute Gasteiger partial charge is 0.450 e. The lowest BCUT2D eigenvalue weighted by Gasteiger charge is -2.35. The van der Waals surface area contributed by atoms with E-state index in [9.17, 15) is 4.79 Å². The molecule has 1 aliphatic heterocycles. The van der Waals surface area contributed by atoms with Crippen molar-refractivity contribution in [2.24, 2.45) is 4.99 Å². The third-order valence-corrected chi connectivity index (χ3v) is 4.60. The second-order valence-electron chi connectivity index (χ2n) is 6.56. The molecule has 1 saturated heterocycles. The van der Waals surface area contributed by atoms with Gasteiger partial charge in [-0.25, -0.2) is 9.78 Å². The first-order valence-corrected chi connectivity index (χ1v) is 9.49. The van der Waals surface area contributed by atoms with Gasteiger partial charge >= 0.3 is 6.09 Å². The maximum absolute atomic E-state index is 11.8. The van der Waals surface area contributed by atoms with E-state index in [0.29, 0.717) is 45.2 Å². The Hall–Kier alpha value is -3.03. The summed E-state index contributed by atoms with van der Waals surface area (Å²) in [6, 6.07) is 8.14. The van der Waals surface area contributed by atoms with Crippen molar-refractivity contribution in [1.82, 2.24) is 20.1 Å². The molecule has 0 radical (unpaired) electrons. The molecule has 1 aliphatic rings. The van der Waals surface area contributed by atoms with Gasteiger partial charge in [-0.1, -0.05) is 29.8 Å². The molecular weight excluding hydrogens is 358 g/mol. The van der Waals surface area contributed by atoms with E-state index in [4.69, 9.17) is 9.15 Å². The van der Waals surface area contributed by atoms with Gasteiger partial charge in [0.15, 0.2) is 11.7 Å². The number of aryl methyl sites for hydroxylation is 1. The van der Waals surface area contributed by atoms with E-state index in [0.717, 1.165) is 17.3 Å². The molecule has 0 atom stereocenters. The zero-order chi connectivity index (χ0) is 19.9. The minimum atomic E-state index is -0.256. The molecule has 1 fully saturated rings. The molecule has 150 valence electrons. The van der Waals surface area contributed by atoms with Crippen LogP contribution in [0.15, 0.2) is 39.9 Å². The molecule has 0 unspecified atom stereocenters. The standard InChI is InChI=1S/C20H27N5O3/c1-4-27-20(26)25-11-9-24(10-12-25)19(21-3)23-14-18-22-13-17(28-18)16-7-5-15(2)6-8-16/h5-8,13H,4,9-12,14H2,1-3H3,(H,21,23). The number of nitrogens with one attached hydrogen (secondary N) is 1. The van der Waals surface area contributed by atoms with E-state index in [2.05, 4.69) is 27.1 Å². The molecule has 0 saturated carbocycles. The quantitative estimate of drug-likeness (QED) is 0.643. The first-order valence-electron chi connectivity index (χ1n) is 9.49. The Morgan fingerprint density at radius 2 is 1.89 bits per heavy atom. The second-order valence-corrected chi connectivity index (χ2v) is 6.56. The van der Waals surface area contributed by atoms with Crippen LogP contribution in [0.3, 0.4) is 0 Å². The van der Waals surface area contributed by atoms with E-state index in [1.807, 2.05) is 31.2 Å². The van der Waals surface area contributed by atoms with Crippen LogP contribution in [0.4, 0.5) is 4.79 Å². The van der Waals surface area contributed by atoms with Gasteiger partial charge in [0.25, 0.3) is 0 Å². The molecular formula is C20H27N5O3. The number of guanidine groups is 1. The summed E-state index contributed by atoms with van der Waals surface area (Å²) in [6.07, 6.45) is 1.48. The molecule has 8 nitrogen and oxygen atoms in total. The van der Waals surface area contributed by atoms with Crippen LogP contribution in [0.1, 0.15) is 18.4 Å².